The fourth-order valence-corrected chi connectivity index (χ4v) is 1.92. The van der Waals surface area contributed by atoms with Crippen molar-refractivity contribution < 1.29 is 14.2 Å². The molecule has 0 aromatic heterocycles. The number of hydrogen-bond acceptors (Lipinski definition) is 3. The fourth-order valence-electron chi connectivity index (χ4n) is 1.92. The summed E-state index contributed by atoms with van der Waals surface area (Å²) < 4.78 is 16.7. The maximum absolute atomic E-state index is 5.91. The smallest absolute Gasteiger partial charge is 0.184 e. The van der Waals surface area contributed by atoms with Crippen LogP contribution < -0.4 is 4.74 Å². The van der Waals surface area contributed by atoms with Crippen LogP contribution in [-0.2, 0) is 9.47 Å². The van der Waals surface area contributed by atoms with Gasteiger partial charge in [0.25, 0.3) is 0 Å². The fraction of sp³-hybridized carbons (Fsp3) is 0.571. The van der Waals surface area contributed by atoms with Gasteiger partial charge in [0.05, 0.1) is 19.8 Å². The average molecular weight is 236 g/mol. The summed E-state index contributed by atoms with van der Waals surface area (Å²) in [5.41, 5.74) is 1.05. The highest BCUT2D eigenvalue weighted by Gasteiger charge is 2.30. The Morgan fingerprint density at radius 1 is 1.35 bits per heavy atom. The molecule has 1 aliphatic rings. The van der Waals surface area contributed by atoms with Gasteiger partial charge in [0.2, 0.25) is 0 Å². The minimum absolute atomic E-state index is 0.215. The van der Waals surface area contributed by atoms with E-state index in [-0.39, 0.29) is 12.4 Å². The third kappa shape index (κ3) is 2.79. The van der Waals surface area contributed by atoms with Crippen LogP contribution in [0.25, 0.3) is 0 Å². The Labute approximate surface area is 103 Å². The van der Waals surface area contributed by atoms with Gasteiger partial charge in [-0.25, -0.2) is 0 Å². The molecule has 0 radical (unpaired) electrons. The van der Waals surface area contributed by atoms with Gasteiger partial charge in [0.1, 0.15) is 5.75 Å². The third-order valence-corrected chi connectivity index (χ3v) is 3.38. The first-order valence-corrected chi connectivity index (χ1v) is 6.15. The number of rotatable bonds is 4. The summed E-state index contributed by atoms with van der Waals surface area (Å²) in [7, 11) is 1.66. The van der Waals surface area contributed by atoms with Crippen molar-refractivity contribution in [1.29, 1.82) is 0 Å². The van der Waals surface area contributed by atoms with Gasteiger partial charge >= 0.3 is 0 Å². The summed E-state index contributed by atoms with van der Waals surface area (Å²) in [5, 5.41) is 0. The molecule has 2 rings (SSSR count). The lowest BCUT2D eigenvalue weighted by Crippen LogP contribution is -2.19. The van der Waals surface area contributed by atoms with Crippen molar-refractivity contribution >= 4 is 0 Å². The Balaban J connectivity index is 1.99. The van der Waals surface area contributed by atoms with Crippen molar-refractivity contribution in [2.75, 3.05) is 13.7 Å². The molecule has 0 N–H and O–H groups in total. The first-order chi connectivity index (χ1) is 8.24. The Morgan fingerprint density at radius 3 is 2.65 bits per heavy atom. The second kappa shape index (κ2) is 5.52. The molecule has 0 amide bonds. The van der Waals surface area contributed by atoms with Gasteiger partial charge in [0.15, 0.2) is 6.29 Å². The number of methoxy groups -OCH3 is 1. The zero-order chi connectivity index (χ0) is 12.3. The van der Waals surface area contributed by atoms with E-state index in [9.17, 15) is 0 Å². The molecule has 3 heteroatoms. The van der Waals surface area contributed by atoms with E-state index >= 15 is 0 Å². The van der Waals surface area contributed by atoms with Crippen molar-refractivity contribution in [3.8, 4) is 5.75 Å². The van der Waals surface area contributed by atoms with Crippen LogP contribution in [0.15, 0.2) is 24.3 Å². The van der Waals surface area contributed by atoms with Crippen LogP contribution in [0.1, 0.15) is 32.1 Å². The summed E-state index contributed by atoms with van der Waals surface area (Å²) in [4.78, 5) is 0. The Hall–Kier alpha value is -1.06. The molecule has 0 saturated carbocycles. The summed E-state index contributed by atoms with van der Waals surface area (Å²) in [6.07, 6.45) is 1.11. The summed E-state index contributed by atoms with van der Waals surface area (Å²) in [5.74, 6) is 1.39. The van der Waals surface area contributed by atoms with Crippen LogP contribution in [0.5, 0.6) is 5.75 Å². The highest BCUT2D eigenvalue weighted by Crippen LogP contribution is 2.31. The summed E-state index contributed by atoms with van der Waals surface area (Å²) >= 11 is 0. The van der Waals surface area contributed by atoms with Gasteiger partial charge < -0.3 is 14.2 Å². The molecule has 1 aromatic carbocycles. The molecule has 3 atom stereocenters. The molecule has 1 saturated heterocycles. The highest BCUT2D eigenvalue weighted by molar-refractivity contribution is 5.28. The van der Waals surface area contributed by atoms with E-state index in [0.717, 1.165) is 17.7 Å². The van der Waals surface area contributed by atoms with Gasteiger partial charge in [-0.15, -0.1) is 0 Å². The Morgan fingerprint density at radius 2 is 2.06 bits per heavy atom. The minimum atomic E-state index is -0.222. The molecule has 1 fully saturated rings. The first kappa shape index (κ1) is 12.4. The first-order valence-electron chi connectivity index (χ1n) is 6.15. The van der Waals surface area contributed by atoms with Gasteiger partial charge in [-0.3, -0.25) is 0 Å². The van der Waals surface area contributed by atoms with Crippen molar-refractivity contribution in [3.63, 3.8) is 0 Å². The molecule has 0 bridgehead atoms. The van der Waals surface area contributed by atoms with Gasteiger partial charge in [-0.1, -0.05) is 32.4 Å². The van der Waals surface area contributed by atoms with E-state index in [1.54, 1.807) is 7.11 Å². The standard InChI is InChI=1S/C14H20O3/c1-4-10(2)13-9-16-14(17-13)11-5-7-12(15-3)8-6-11/h5-8,10,13-14H,4,9H2,1-3H3. The maximum Gasteiger partial charge on any atom is 0.184 e. The van der Waals surface area contributed by atoms with Crippen LogP contribution in [0, 0.1) is 5.92 Å². The largest absolute Gasteiger partial charge is 0.497 e. The van der Waals surface area contributed by atoms with Crippen LogP contribution in [0.3, 0.4) is 0 Å². The molecule has 0 aliphatic carbocycles. The number of benzene rings is 1. The van der Waals surface area contributed by atoms with Crippen LogP contribution >= 0.6 is 0 Å². The van der Waals surface area contributed by atoms with Gasteiger partial charge in [-0.05, 0) is 18.1 Å². The van der Waals surface area contributed by atoms with Crippen LogP contribution in [-0.4, -0.2) is 19.8 Å². The van der Waals surface area contributed by atoms with Crippen molar-refractivity contribution in [2.45, 2.75) is 32.7 Å². The minimum Gasteiger partial charge on any atom is -0.497 e. The lowest BCUT2D eigenvalue weighted by Gasteiger charge is -2.16. The number of ether oxygens (including phenoxy) is 3. The van der Waals surface area contributed by atoms with E-state index in [1.165, 1.54) is 0 Å². The zero-order valence-corrected chi connectivity index (χ0v) is 10.7. The highest BCUT2D eigenvalue weighted by atomic mass is 16.7. The molecular formula is C14H20O3. The molecular weight excluding hydrogens is 216 g/mol. The van der Waals surface area contributed by atoms with E-state index in [0.29, 0.717) is 12.5 Å². The molecule has 94 valence electrons. The second-order valence-corrected chi connectivity index (χ2v) is 4.50. The normalized spacial score (nSPS) is 25.8. The van der Waals surface area contributed by atoms with Crippen molar-refractivity contribution in [2.24, 2.45) is 5.92 Å². The molecule has 1 aromatic rings. The monoisotopic (exact) mass is 236 g/mol. The Kier molecular flexibility index (Phi) is 4.02. The average Bonchev–Trinajstić information content (AvgIpc) is 2.87. The molecule has 1 heterocycles. The van der Waals surface area contributed by atoms with Crippen molar-refractivity contribution in [1.82, 2.24) is 0 Å². The third-order valence-electron chi connectivity index (χ3n) is 3.38. The molecule has 3 nitrogen and oxygen atoms in total. The molecule has 0 spiro atoms. The predicted molar refractivity (Wildman–Crippen MR) is 66.0 cm³/mol. The lowest BCUT2D eigenvalue weighted by atomic mass is 10.0. The van der Waals surface area contributed by atoms with Gasteiger partial charge in [-0.2, -0.15) is 0 Å². The topological polar surface area (TPSA) is 27.7 Å². The van der Waals surface area contributed by atoms with Crippen LogP contribution in [0.4, 0.5) is 0 Å². The SMILES string of the molecule is CCC(C)C1COC(c2ccc(OC)cc2)O1. The quantitative estimate of drug-likeness (QED) is 0.803. The molecule has 1 aliphatic heterocycles. The summed E-state index contributed by atoms with van der Waals surface area (Å²) in [6, 6.07) is 7.84. The van der Waals surface area contributed by atoms with E-state index < -0.39 is 0 Å². The van der Waals surface area contributed by atoms with E-state index in [2.05, 4.69) is 13.8 Å². The van der Waals surface area contributed by atoms with E-state index in [4.69, 9.17) is 14.2 Å². The number of hydrogen-bond donors (Lipinski definition) is 0. The molecule has 3 unspecified atom stereocenters. The predicted octanol–water partition coefficient (Wildman–Crippen LogP) is 3.16. The maximum atomic E-state index is 5.91. The zero-order valence-electron chi connectivity index (χ0n) is 10.7. The lowest BCUT2D eigenvalue weighted by molar-refractivity contribution is -0.0685. The van der Waals surface area contributed by atoms with Gasteiger partial charge in [0, 0.05) is 5.56 Å². The molecule has 17 heavy (non-hydrogen) atoms. The van der Waals surface area contributed by atoms with Crippen LogP contribution in [0.2, 0.25) is 0 Å². The van der Waals surface area contributed by atoms with E-state index in [1.807, 2.05) is 24.3 Å². The second-order valence-electron chi connectivity index (χ2n) is 4.50. The summed E-state index contributed by atoms with van der Waals surface area (Å²) in [6.45, 7) is 5.06. The Bertz CT molecular complexity index is 347. The van der Waals surface area contributed by atoms with Crippen molar-refractivity contribution in [3.05, 3.63) is 29.8 Å².